The molecule has 0 aliphatic heterocycles. The fourth-order valence-electron chi connectivity index (χ4n) is 3.02. The summed E-state index contributed by atoms with van der Waals surface area (Å²) in [6.07, 6.45) is 0.721. The Morgan fingerprint density at radius 3 is 2.44 bits per heavy atom. The predicted molar refractivity (Wildman–Crippen MR) is 141 cm³/mol. The first-order valence-corrected chi connectivity index (χ1v) is 11.6. The van der Waals surface area contributed by atoms with Gasteiger partial charge in [0.15, 0.2) is 5.11 Å². The average Bonchev–Trinajstić information content (AvgIpc) is 2.80. The number of anilines is 2. The molecule has 3 aromatic carbocycles. The Bertz CT molecular complexity index is 1190. The van der Waals surface area contributed by atoms with Crippen molar-refractivity contribution >= 4 is 63.7 Å². The van der Waals surface area contributed by atoms with Gasteiger partial charge < -0.3 is 20.7 Å². The molecule has 0 radical (unpaired) electrons. The molecular formula is C25H23Cl2N3O3S. The lowest BCUT2D eigenvalue weighted by Gasteiger charge is -2.13. The third-order valence-corrected chi connectivity index (χ3v) is 5.46. The smallest absolute Gasteiger partial charge is 0.255 e. The van der Waals surface area contributed by atoms with Crippen molar-refractivity contribution in [2.75, 3.05) is 17.2 Å². The molecule has 34 heavy (non-hydrogen) atoms. The minimum atomic E-state index is -0.230. The Hall–Kier alpha value is -3.13. The molecule has 176 valence electrons. The molecule has 3 aromatic rings. The lowest BCUT2D eigenvalue weighted by Crippen LogP contribution is -2.34. The molecule has 0 aromatic heterocycles. The van der Waals surface area contributed by atoms with Crippen LogP contribution in [-0.4, -0.2) is 23.5 Å². The Labute approximate surface area is 213 Å². The zero-order valence-corrected chi connectivity index (χ0v) is 20.7. The number of carbonyl (C=O) groups excluding carboxylic acids is 2. The maximum absolute atomic E-state index is 12.4. The number of carbonyl (C=O) groups is 2. The van der Waals surface area contributed by atoms with Crippen LogP contribution >= 0.6 is 35.4 Å². The monoisotopic (exact) mass is 515 g/mol. The van der Waals surface area contributed by atoms with Gasteiger partial charge in [0.25, 0.3) is 5.91 Å². The van der Waals surface area contributed by atoms with Gasteiger partial charge in [-0.3, -0.25) is 9.59 Å². The van der Waals surface area contributed by atoms with Crippen LogP contribution in [-0.2, 0) is 4.79 Å². The second-order valence-electron chi connectivity index (χ2n) is 7.38. The minimum Gasteiger partial charge on any atom is -0.492 e. The van der Waals surface area contributed by atoms with Gasteiger partial charge in [0, 0.05) is 28.4 Å². The number of thiocarbonyl (C=S) groups is 1. The van der Waals surface area contributed by atoms with E-state index in [9.17, 15) is 9.59 Å². The number of ether oxygens (including phenoxy) is 1. The molecule has 2 amide bonds. The van der Waals surface area contributed by atoms with E-state index in [1.165, 1.54) is 0 Å². The summed E-state index contributed by atoms with van der Waals surface area (Å²) >= 11 is 17.1. The molecule has 9 heteroatoms. The van der Waals surface area contributed by atoms with Gasteiger partial charge in [0.05, 0.1) is 11.6 Å². The summed E-state index contributed by atoms with van der Waals surface area (Å²) in [7, 11) is 0. The fraction of sp³-hybridized carbons (Fsp3) is 0.160. The molecule has 0 bridgehead atoms. The number of amides is 2. The van der Waals surface area contributed by atoms with Crippen molar-refractivity contribution in [3.63, 3.8) is 0 Å². The molecule has 0 aliphatic carbocycles. The lowest BCUT2D eigenvalue weighted by molar-refractivity contribution is -0.119. The Morgan fingerprint density at radius 1 is 0.971 bits per heavy atom. The topological polar surface area (TPSA) is 79.5 Å². The number of nitrogens with one attached hydrogen (secondary N) is 3. The van der Waals surface area contributed by atoms with Gasteiger partial charge in [-0.1, -0.05) is 41.4 Å². The summed E-state index contributed by atoms with van der Waals surface area (Å²) in [5.74, 6) is 0.101. The van der Waals surface area contributed by atoms with Crippen LogP contribution in [0.3, 0.4) is 0 Å². The minimum absolute atomic E-state index is 0.186. The van der Waals surface area contributed by atoms with E-state index in [1.54, 1.807) is 42.5 Å². The number of rotatable bonds is 8. The van der Waals surface area contributed by atoms with Crippen LogP contribution in [0.4, 0.5) is 11.4 Å². The molecule has 0 saturated carbocycles. The summed E-state index contributed by atoms with van der Waals surface area (Å²) in [6, 6.07) is 19.3. The van der Waals surface area contributed by atoms with Gasteiger partial charge in [-0.2, -0.15) is 0 Å². The molecule has 3 N–H and O–H groups in total. The first-order chi connectivity index (χ1) is 16.3. The summed E-state index contributed by atoms with van der Waals surface area (Å²) in [5, 5.41) is 9.65. The van der Waals surface area contributed by atoms with Gasteiger partial charge >= 0.3 is 0 Å². The van der Waals surface area contributed by atoms with Gasteiger partial charge in [-0.25, -0.2) is 0 Å². The van der Waals surface area contributed by atoms with Gasteiger partial charge in [-0.15, -0.1) is 0 Å². The van der Waals surface area contributed by atoms with Crippen molar-refractivity contribution in [2.45, 2.75) is 19.8 Å². The molecule has 0 atom stereocenters. The maximum atomic E-state index is 12.4. The lowest BCUT2D eigenvalue weighted by atomic mass is 10.1. The number of halogens is 2. The summed E-state index contributed by atoms with van der Waals surface area (Å²) < 4.78 is 5.57. The van der Waals surface area contributed by atoms with Gasteiger partial charge in [-0.05, 0) is 79.7 Å². The predicted octanol–water partition coefficient (Wildman–Crippen LogP) is 6.23. The average molecular weight is 516 g/mol. The second-order valence-corrected chi connectivity index (χ2v) is 8.63. The van der Waals surface area contributed by atoms with E-state index in [-0.39, 0.29) is 23.3 Å². The van der Waals surface area contributed by atoms with Crippen molar-refractivity contribution in [2.24, 2.45) is 0 Å². The molecule has 3 rings (SSSR count). The van der Waals surface area contributed by atoms with Gasteiger partial charge in [0.1, 0.15) is 5.75 Å². The standard InChI is InChI=1S/C25H23Cl2N3O3S/c1-16-14-19(10-11-21(16)29-24(32)17-6-3-2-4-7-17)28-25(34)30-23(31)8-5-13-33-22-12-9-18(26)15-20(22)27/h2-4,6-7,9-12,14-15H,5,8,13H2,1H3,(H,29,32)(H2,28,30,31,34). The molecule has 0 fully saturated rings. The van der Waals surface area contributed by atoms with Crippen LogP contribution in [0.1, 0.15) is 28.8 Å². The third-order valence-electron chi connectivity index (χ3n) is 4.72. The number of hydrogen-bond donors (Lipinski definition) is 3. The molecule has 0 saturated heterocycles. The summed E-state index contributed by atoms with van der Waals surface area (Å²) in [6.45, 7) is 2.20. The van der Waals surface area contributed by atoms with Crippen LogP contribution in [0.2, 0.25) is 10.0 Å². The SMILES string of the molecule is Cc1cc(NC(=S)NC(=O)CCCOc2ccc(Cl)cc2Cl)ccc1NC(=O)c1ccccc1. The van der Waals surface area contributed by atoms with Crippen molar-refractivity contribution in [1.29, 1.82) is 0 Å². The van der Waals surface area contributed by atoms with Crippen LogP contribution in [0.15, 0.2) is 66.7 Å². The molecule has 0 heterocycles. The fourth-order valence-corrected chi connectivity index (χ4v) is 3.72. The molecule has 0 unspecified atom stereocenters. The van der Waals surface area contributed by atoms with Crippen LogP contribution in [0.25, 0.3) is 0 Å². The van der Waals surface area contributed by atoms with Crippen molar-refractivity contribution < 1.29 is 14.3 Å². The third kappa shape index (κ3) is 7.73. The molecule has 6 nitrogen and oxygen atoms in total. The Kier molecular flexibility index (Phi) is 9.27. The highest BCUT2D eigenvalue weighted by atomic mass is 35.5. The first-order valence-electron chi connectivity index (χ1n) is 10.5. The zero-order valence-electron chi connectivity index (χ0n) is 18.4. The second kappa shape index (κ2) is 12.4. The van der Waals surface area contributed by atoms with Gasteiger partial charge in [0.2, 0.25) is 5.91 Å². The van der Waals surface area contributed by atoms with E-state index in [0.717, 1.165) is 5.56 Å². The van der Waals surface area contributed by atoms with Crippen molar-refractivity contribution in [3.05, 3.63) is 87.9 Å². The quantitative estimate of drug-likeness (QED) is 0.245. The highest BCUT2D eigenvalue weighted by Crippen LogP contribution is 2.27. The van der Waals surface area contributed by atoms with E-state index >= 15 is 0 Å². The maximum Gasteiger partial charge on any atom is 0.255 e. The van der Waals surface area contributed by atoms with E-state index in [1.807, 2.05) is 31.2 Å². The van der Waals surface area contributed by atoms with Crippen molar-refractivity contribution in [3.8, 4) is 5.75 Å². The van der Waals surface area contributed by atoms with Crippen LogP contribution in [0, 0.1) is 6.92 Å². The van der Waals surface area contributed by atoms with E-state index in [4.69, 9.17) is 40.2 Å². The molecule has 0 aliphatic rings. The number of aryl methyl sites for hydroxylation is 1. The normalized spacial score (nSPS) is 10.3. The van der Waals surface area contributed by atoms with E-state index in [2.05, 4.69) is 16.0 Å². The van der Waals surface area contributed by atoms with Crippen LogP contribution < -0.4 is 20.7 Å². The van der Waals surface area contributed by atoms with E-state index in [0.29, 0.717) is 45.8 Å². The highest BCUT2D eigenvalue weighted by molar-refractivity contribution is 7.80. The highest BCUT2D eigenvalue weighted by Gasteiger charge is 2.10. The first kappa shape index (κ1) is 25.5. The molecular weight excluding hydrogens is 493 g/mol. The number of hydrogen-bond acceptors (Lipinski definition) is 4. The summed E-state index contributed by atoms with van der Waals surface area (Å²) in [5.41, 5.74) is 2.81. The largest absolute Gasteiger partial charge is 0.492 e. The Balaban J connectivity index is 1.42. The summed E-state index contributed by atoms with van der Waals surface area (Å²) in [4.78, 5) is 24.5. The Morgan fingerprint density at radius 2 is 1.74 bits per heavy atom. The van der Waals surface area contributed by atoms with E-state index < -0.39 is 0 Å². The zero-order chi connectivity index (χ0) is 24.5. The van der Waals surface area contributed by atoms with Crippen LogP contribution in [0.5, 0.6) is 5.75 Å². The number of benzene rings is 3. The van der Waals surface area contributed by atoms with Crippen molar-refractivity contribution in [1.82, 2.24) is 5.32 Å². The molecule has 0 spiro atoms.